The van der Waals surface area contributed by atoms with Gasteiger partial charge in [0.25, 0.3) is 11.8 Å². The number of hydrogen-bond donors (Lipinski definition) is 1. The summed E-state index contributed by atoms with van der Waals surface area (Å²) in [4.78, 5) is 50.2. The summed E-state index contributed by atoms with van der Waals surface area (Å²) >= 11 is 12.1. The van der Waals surface area contributed by atoms with Crippen LogP contribution in [0, 0.1) is 0 Å². The lowest BCUT2D eigenvalue weighted by Crippen LogP contribution is -2.43. The average molecular weight is 421 g/mol. The first kappa shape index (κ1) is 19.9. The number of methoxy groups -OCH3 is 1. The summed E-state index contributed by atoms with van der Waals surface area (Å²) in [6.07, 6.45) is 0. The molecule has 0 aromatic heterocycles. The Labute approximate surface area is 170 Å². The van der Waals surface area contributed by atoms with E-state index in [0.29, 0.717) is 0 Å². The van der Waals surface area contributed by atoms with E-state index in [9.17, 15) is 19.2 Å². The molecular weight excluding hydrogens is 407 g/mol. The molecule has 0 unspecified atom stereocenters. The van der Waals surface area contributed by atoms with Crippen LogP contribution >= 0.6 is 23.2 Å². The zero-order chi connectivity index (χ0) is 20.4. The molecular formula is C19H14Cl2N2O5. The fourth-order valence-electron chi connectivity index (χ4n) is 2.86. The maximum atomic E-state index is 12.5. The fraction of sp³-hybridized carbons (Fsp3) is 0.158. The van der Waals surface area contributed by atoms with Crippen molar-refractivity contribution in [1.29, 1.82) is 0 Å². The van der Waals surface area contributed by atoms with Crippen LogP contribution in [0.2, 0.25) is 10.0 Å². The lowest BCUT2D eigenvalue weighted by atomic mass is 10.1. The second-order valence-electron chi connectivity index (χ2n) is 5.91. The molecule has 1 N–H and O–H groups in total. The normalized spacial score (nSPS) is 13.9. The van der Waals surface area contributed by atoms with Crippen LogP contribution in [0.4, 0.5) is 0 Å². The molecule has 0 radical (unpaired) electrons. The molecule has 1 aliphatic rings. The second-order valence-corrected chi connectivity index (χ2v) is 6.69. The van der Waals surface area contributed by atoms with E-state index in [2.05, 4.69) is 5.32 Å². The van der Waals surface area contributed by atoms with E-state index < -0.39 is 36.3 Å². The van der Waals surface area contributed by atoms with Crippen LogP contribution in [-0.2, 0) is 14.3 Å². The minimum atomic E-state index is -1.25. The summed E-state index contributed by atoms with van der Waals surface area (Å²) in [5.41, 5.74) is 0.683. The Hall–Kier alpha value is -2.90. The number of nitrogens with zero attached hydrogens (tertiary/aromatic N) is 1. The summed E-state index contributed by atoms with van der Waals surface area (Å²) in [6.45, 7) is -0.558. The molecule has 9 heteroatoms. The van der Waals surface area contributed by atoms with Crippen LogP contribution in [0.25, 0.3) is 0 Å². The number of benzene rings is 2. The predicted molar refractivity (Wildman–Crippen MR) is 101 cm³/mol. The highest BCUT2D eigenvalue weighted by atomic mass is 35.5. The maximum absolute atomic E-state index is 12.5. The molecule has 3 amide bonds. The van der Waals surface area contributed by atoms with E-state index in [-0.39, 0.29) is 26.7 Å². The zero-order valence-corrected chi connectivity index (χ0v) is 16.1. The first-order valence-corrected chi connectivity index (χ1v) is 8.87. The van der Waals surface area contributed by atoms with Gasteiger partial charge in [0.2, 0.25) is 5.91 Å². The second kappa shape index (κ2) is 8.00. The Bertz CT molecular complexity index is 957. The monoisotopic (exact) mass is 420 g/mol. The minimum Gasteiger partial charge on any atom is -0.467 e. The third-order valence-corrected chi connectivity index (χ3v) is 5.05. The van der Waals surface area contributed by atoms with Gasteiger partial charge >= 0.3 is 5.97 Å². The predicted octanol–water partition coefficient (Wildman–Crippen LogP) is 2.62. The average Bonchev–Trinajstić information content (AvgIpc) is 2.93. The molecule has 144 valence electrons. The third-order valence-electron chi connectivity index (χ3n) is 4.21. The first-order chi connectivity index (χ1) is 13.3. The SMILES string of the molecule is COC(=O)[C@H](NC(=O)CN1C(=O)c2ccccc2C1=O)c1cccc(Cl)c1Cl. The van der Waals surface area contributed by atoms with Crippen molar-refractivity contribution in [3.05, 3.63) is 69.2 Å². The highest BCUT2D eigenvalue weighted by Gasteiger charge is 2.37. The summed E-state index contributed by atoms with van der Waals surface area (Å²) in [5.74, 6) is -2.67. The standard InChI is InChI=1S/C19H14Cl2N2O5/c1-28-19(27)16(12-7-4-8-13(20)15(12)21)22-14(24)9-23-17(25)10-5-2-3-6-11(10)18(23)26/h2-8,16H,9H2,1H3,(H,22,24)/t16-/m1/s1. The van der Waals surface area contributed by atoms with Crippen molar-refractivity contribution in [2.45, 2.75) is 6.04 Å². The van der Waals surface area contributed by atoms with Crippen LogP contribution in [-0.4, -0.2) is 42.2 Å². The number of esters is 1. The number of halogens is 2. The Morgan fingerprint density at radius 3 is 2.21 bits per heavy atom. The maximum Gasteiger partial charge on any atom is 0.333 e. The Balaban J connectivity index is 1.80. The highest BCUT2D eigenvalue weighted by molar-refractivity contribution is 6.42. The van der Waals surface area contributed by atoms with Crippen LogP contribution in [0.15, 0.2) is 42.5 Å². The van der Waals surface area contributed by atoms with E-state index in [1.165, 1.54) is 24.3 Å². The number of nitrogens with one attached hydrogen (secondary N) is 1. The van der Waals surface area contributed by atoms with Crippen LogP contribution in [0.3, 0.4) is 0 Å². The zero-order valence-electron chi connectivity index (χ0n) is 14.6. The van der Waals surface area contributed by atoms with Crippen LogP contribution in [0.1, 0.15) is 32.3 Å². The largest absolute Gasteiger partial charge is 0.467 e. The van der Waals surface area contributed by atoms with Crippen molar-refractivity contribution >= 4 is 46.9 Å². The van der Waals surface area contributed by atoms with Crippen molar-refractivity contribution < 1.29 is 23.9 Å². The molecule has 0 bridgehead atoms. The number of ether oxygens (including phenoxy) is 1. The summed E-state index contributed by atoms with van der Waals surface area (Å²) in [5, 5.41) is 2.72. The van der Waals surface area contributed by atoms with Gasteiger partial charge in [-0.05, 0) is 18.2 Å². The first-order valence-electron chi connectivity index (χ1n) is 8.11. The number of amides is 3. The van der Waals surface area contributed by atoms with Crippen molar-refractivity contribution in [2.24, 2.45) is 0 Å². The molecule has 0 saturated carbocycles. The van der Waals surface area contributed by atoms with E-state index in [1.807, 2.05) is 0 Å². The quantitative estimate of drug-likeness (QED) is 0.592. The highest BCUT2D eigenvalue weighted by Crippen LogP contribution is 2.30. The molecule has 1 heterocycles. The van der Waals surface area contributed by atoms with Gasteiger partial charge in [0.05, 0.1) is 28.3 Å². The molecule has 0 fully saturated rings. The van der Waals surface area contributed by atoms with Gasteiger partial charge in [-0.3, -0.25) is 19.3 Å². The summed E-state index contributed by atoms with van der Waals surface area (Å²) in [7, 11) is 1.16. The Morgan fingerprint density at radius 1 is 1.04 bits per heavy atom. The third kappa shape index (κ3) is 3.58. The molecule has 0 spiro atoms. The van der Waals surface area contributed by atoms with Gasteiger partial charge in [-0.25, -0.2) is 4.79 Å². The van der Waals surface area contributed by atoms with E-state index >= 15 is 0 Å². The number of hydrogen-bond acceptors (Lipinski definition) is 5. The lowest BCUT2D eigenvalue weighted by molar-refractivity contribution is -0.145. The summed E-state index contributed by atoms with van der Waals surface area (Å²) < 4.78 is 4.72. The molecule has 0 saturated heterocycles. The number of carbonyl (C=O) groups is 4. The molecule has 1 atom stereocenters. The molecule has 2 aromatic carbocycles. The van der Waals surface area contributed by atoms with Gasteiger partial charge in [0, 0.05) is 5.56 Å². The van der Waals surface area contributed by atoms with E-state index in [0.717, 1.165) is 12.0 Å². The van der Waals surface area contributed by atoms with Crippen molar-refractivity contribution in [3.8, 4) is 0 Å². The van der Waals surface area contributed by atoms with E-state index in [4.69, 9.17) is 27.9 Å². The fourth-order valence-corrected chi connectivity index (χ4v) is 3.27. The number of imide groups is 1. The van der Waals surface area contributed by atoms with Gasteiger partial charge < -0.3 is 10.1 Å². The molecule has 0 aliphatic carbocycles. The Kier molecular flexibility index (Phi) is 5.67. The van der Waals surface area contributed by atoms with Crippen LogP contribution in [0.5, 0.6) is 0 Å². The molecule has 1 aliphatic heterocycles. The van der Waals surface area contributed by atoms with Crippen molar-refractivity contribution in [1.82, 2.24) is 10.2 Å². The van der Waals surface area contributed by atoms with Gasteiger partial charge in [-0.1, -0.05) is 47.5 Å². The number of fused-ring (bicyclic) bond motifs is 1. The van der Waals surface area contributed by atoms with Gasteiger partial charge in [-0.15, -0.1) is 0 Å². The molecule has 28 heavy (non-hydrogen) atoms. The van der Waals surface area contributed by atoms with Crippen LogP contribution < -0.4 is 5.32 Å². The van der Waals surface area contributed by atoms with E-state index in [1.54, 1.807) is 18.2 Å². The number of rotatable bonds is 5. The number of carbonyl (C=O) groups excluding carboxylic acids is 4. The van der Waals surface area contributed by atoms with Crippen molar-refractivity contribution in [3.63, 3.8) is 0 Å². The minimum absolute atomic E-state index is 0.0839. The van der Waals surface area contributed by atoms with Crippen molar-refractivity contribution in [2.75, 3.05) is 13.7 Å². The molecule has 3 rings (SSSR count). The van der Waals surface area contributed by atoms with Gasteiger partial charge in [0.15, 0.2) is 6.04 Å². The topological polar surface area (TPSA) is 92.8 Å². The summed E-state index contributed by atoms with van der Waals surface area (Å²) in [6, 6.07) is 9.63. The smallest absolute Gasteiger partial charge is 0.333 e. The molecule has 7 nitrogen and oxygen atoms in total. The van der Waals surface area contributed by atoms with Gasteiger partial charge in [-0.2, -0.15) is 0 Å². The Morgan fingerprint density at radius 2 is 1.64 bits per heavy atom. The van der Waals surface area contributed by atoms with Gasteiger partial charge in [0.1, 0.15) is 6.54 Å². The molecule has 2 aromatic rings. The lowest BCUT2D eigenvalue weighted by Gasteiger charge is -2.20.